The van der Waals surface area contributed by atoms with Gasteiger partial charge in [-0.3, -0.25) is 4.79 Å². The average molecular weight is 487 g/mol. The molecule has 0 spiro atoms. The summed E-state index contributed by atoms with van der Waals surface area (Å²) in [5, 5.41) is 18.2. The van der Waals surface area contributed by atoms with Crippen molar-refractivity contribution in [3.05, 3.63) is 59.4 Å². The first-order valence-corrected chi connectivity index (χ1v) is 11.1. The van der Waals surface area contributed by atoms with E-state index in [1.165, 1.54) is 29.4 Å². The Labute approximate surface area is 199 Å². The largest absolute Gasteiger partial charge is 0.384 e. The van der Waals surface area contributed by atoms with E-state index in [2.05, 4.69) is 20.2 Å². The van der Waals surface area contributed by atoms with Gasteiger partial charge < -0.3 is 14.9 Å². The Morgan fingerprint density at radius 2 is 1.69 bits per heavy atom. The Bertz CT molecular complexity index is 1280. The Balaban J connectivity index is 1.42. The molecule has 0 bridgehead atoms. The van der Waals surface area contributed by atoms with Crippen LogP contribution < -0.4 is 4.90 Å². The first-order valence-electron chi connectivity index (χ1n) is 11.1. The molecule has 1 N–H and O–H groups in total. The van der Waals surface area contributed by atoms with Gasteiger partial charge in [-0.25, -0.2) is 23.1 Å². The van der Waals surface area contributed by atoms with E-state index in [1.807, 2.05) is 0 Å². The fourth-order valence-corrected chi connectivity index (χ4v) is 4.67. The van der Waals surface area contributed by atoms with Crippen molar-refractivity contribution in [3.8, 4) is 5.69 Å². The molecule has 4 heterocycles. The monoisotopic (exact) mass is 487 g/mol. The van der Waals surface area contributed by atoms with E-state index in [0.29, 0.717) is 11.4 Å². The summed E-state index contributed by atoms with van der Waals surface area (Å²) < 4.78 is 46.8. The second-order valence-electron chi connectivity index (χ2n) is 9.65. The van der Waals surface area contributed by atoms with Crippen LogP contribution in [0.4, 0.5) is 19.1 Å². The smallest absolute Gasteiger partial charge is 0.259 e. The van der Waals surface area contributed by atoms with Gasteiger partial charge in [0.25, 0.3) is 5.91 Å². The van der Waals surface area contributed by atoms with E-state index < -0.39 is 54.8 Å². The van der Waals surface area contributed by atoms with Gasteiger partial charge in [0.1, 0.15) is 22.7 Å². The third-order valence-corrected chi connectivity index (χ3v) is 6.45. The molecule has 35 heavy (non-hydrogen) atoms. The molecular formula is C23H24F3N7O2. The van der Waals surface area contributed by atoms with Gasteiger partial charge in [-0.15, -0.1) is 0 Å². The number of aromatic nitrogens is 5. The summed E-state index contributed by atoms with van der Waals surface area (Å²) in [6.45, 7) is 2.90. The number of hydrogen-bond donors (Lipinski definition) is 1. The quantitative estimate of drug-likeness (QED) is 0.602. The van der Waals surface area contributed by atoms with Crippen LogP contribution in [0.1, 0.15) is 35.6 Å². The lowest BCUT2D eigenvalue weighted by Gasteiger charge is -2.25. The summed E-state index contributed by atoms with van der Waals surface area (Å²) in [7, 11) is 0. The number of benzene rings is 1. The lowest BCUT2D eigenvalue weighted by molar-refractivity contribution is 0.0491. The number of aryl methyl sites for hydroxylation is 1. The Morgan fingerprint density at radius 1 is 1.06 bits per heavy atom. The van der Waals surface area contributed by atoms with E-state index in [4.69, 9.17) is 0 Å². The van der Waals surface area contributed by atoms with E-state index in [1.54, 1.807) is 26.8 Å². The molecular weight excluding hydrogens is 463 g/mol. The van der Waals surface area contributed by atoms with Crippen molar-refractivity contribution in [3.63, 3.8) is 0 Å². The topological polar surface area (TPSA) is 100 Å². The van der Waals surface area contributed by atoms with E-state index in [0.717, 1.165) is 15.8 Å². The van der Waals surface area contributed by atoms with Gasteiger partial charge in [0.15, 0.2) is 11.3 Å². The second-order valence-corrected chi connectivity index (χ2v) is 9.65. The van der Waals surface area contributed by atoms with Crippen LogP contribution in [0.5, 0.6) is 0 Å². The van der Waals surface area contributed by atoms with Crippen molar-refractivity contribution in [1.82, 2.24) is 29.9 Å². The summed E-state index contributed by atoms with van der Waals surface area (Å²) in [6, 6.07) is 5.57. The molecule has 1 aromatic carbocycles. The van der Waals surface area contributed by atoms with Crippen LogP contribution in [0, 0.1) is 12.7 Å². The van der Waals surface area contributed by atoms with Gasteiger partial charge in [-0.2, -0.15) is 15.0 Å². The molecule has 5 rings (SSSR count). The van der Waals surface area contributed by atoms with E-state index in [9.17, 15) is 14.3 Å². The highest BCUT2D eigenvalue weighted by Crippen LogP contribution is 2.46. The maximum Gasteiger partial charge on any atom is 0.259 e. The molecule has 2 saturated heterocycles. The first-order chi connectivity index (χ1) is 16.4. The van der Waals surface area contributed by atoms with Crippen molar-refractivity contribution in [1.29, 1.82) is 0 Å². The summed E-state index contributed by atoms with van der Waals surface area (Å²) >= 11 is 0. The van der Waals surface area contributed by atoms with Crippen LogP contribution in [0.25, 0.3) is 5.69 Å². The number of nitrogens with zero attached hydrogens (tertiary/aromatic N) is 7. The fourth-order valence-electron chi connectivity index (χ4n) is 4.67. The molecule has 184 valence electrons. The molecule has 2 aromatic heterocycles. The van der Waals surface area contributed by atoms with Gasteiger partial charge in [-0.05, 0) is 39.0 Å². The number of hydrogen-bond acceptors (Lipinski definition) is 7. The van der Waals surface area contributed by atoms with Crippen molar-refractivity contribution >= 4 is 11.9 Å². The van der Waals surface area contributed by atoms with Gasteiger partial charge in [0, 0.05) is 5.69 Å². The third kappa shape index (κ3) is 3.81. The molecule has 2 aliphatic heterocycles. The minimum atomic E-state index is -2.42. The van der Waals surface area contributed by atoms with Crippen LogP contribution in [-0.2, 0) is 5.60 Å². The third-order valence-electron chi connectivity index (χ3n) is 6.45. The lowest BCUT2D eigenvalue weighted by Crippen LogP contribution is -2.44. The SMILES string of the molecule is Cc1cc(C(C)(C)O)nc(N2C[C@]3(F)CN(C(=O)c4c(F)cccc4-n4nccn4)C[C@]3(F)C2)n1. The zero-order valence-electron chi connectivity index (χ0n) is 19.4. The minimum absolute atomic E-state index is 0.0758. The number of carbonyl (C=O) groups is 1. The fraction of sp³-hybridized carbons (Fsp3) is 0.435. The highest BCUT2D eigenvalue weighted by molar-refractivity contribution is 5.98. The zero-order valence-corrected chi connectivity index (χ0v) is 19.4. The number of aliphatic hydroxyl groups is 1. The summed E-state index contributed by atoms with van der Waals surface area (Å²) in [6.07, 6.45) is 2.75. The second kappa shape index (κ2) is 7.74. The highest BCUT2D eigenvalue weighted by Gasteiger charge is 2.67. The number of fused-ring (bicyclic) bond motifs is 1. The van der Waals surface area contributed by atoms with E-state index >= 15 is 8.78 Å². The molecule has 0 saturated carbocycles. The number of anilines is 1. The van der Waals surface area contributed by atoms with Crippen LogP contribution in [0.15, 0.2) is 36.7 Å². The van der Waals surface area contributed by atoms with Gasteiger partial charge in [0.05, 0.1) is 44.3 Å². The molecule has 0 unspecified atom stereocenters. The standard InChI is InChI=1S/C23H24F3N7O2/c1-14-9-17(21(2,3)35)30-20(29-14)32-12-22(25)10-31(11-23(22,26)13-32)19(34)18-15(24)5-4-6-16(18)33-27-7-8-28-33/h4-9,35H,10-13H2,1-3H3/t22-,23+. The molecule has 9 nitrogen and oxygen atoms in total. The predicted molar refractivity (Wildman–Crippen MR) is 119 cm³/mol. The predicted octanol–water partition coefficient (Wildman–Crippen LogP) is 2.12. The van der Waals surface area contributed by atoms with Crippen LogP contribution in [0.2, 0.25) is 0 Å². The molecule has 2 fully saturated rings. The van der Waals surface area contributed by atoms with Crippen molar-refractivity contribution < 1.29 is 23.1 Å². The average Bonchev–Trinajstić information content (AvgIpc) is 3.44. The molecule has 3 aromatic rings. The van der Waals surface area contributed by atoms with Gasteiger partial charge in [-0.1, -0.05) is 6.07 Å². The summed E-state index contributed by atoms with van der Waals surface area (Å²) in [5.41, 5.74) is -5.50. The number of rotatable bonds is 4. The number of halogens is 3. The van der Waals surface area contributed by atoms with E-state index in [-0.39, 0.29) is 17.2 Å². The summed E-state index contributed by atoms with van der Waals surface area (Å²) in [4.78, 5) is 25.3. The normalized spacial score (nSPS) is 24.2. The van der Waals surface area contributed by atoms with Crippen molar-refractivity contribution in [2.45, 2.75) is 37.7 Å². The number of amides is 1. The highest BCUT2D eigenvalue weighted by atomic mass is 19.2. The Morgan fingerprint density at radius 3 is 2.29 bits per heavy atom. The molecule has 12 heteroatoms. The molecule has 2 aliphatic rings. The molecule has 0 radical (unpaired) electrons. The number of likely N-dealkylation sites (tertiary alicyclic amines) is 1. The van der Waals surface area contributed by atoms with Crippen LogP contribution >= 0.6 is 0 Å². The van der Waals surface area contributed by atoms with Gasteiger partial charge >= 0.3 is 0 Å². The Hall–Kier alpha value is -3.54. The van der Waals surface area contributed by atoms with Crippen molar-refractivity contribution in [2.24, 2.45) is 0 Å². The van der Waals surface area contributed by atoms with Crippen LogP contribution in [0.3, 0.4) is 0 Å². The molecule has 0 aliphatic carbocycles. The minimum Gasteiger partial charge on any atom is -0.384 e. The summed E-state index contributed by atoms with van der Waals surface area (Å²) in [5.74, 6) is -1.58. The van der Waals surface area contributed by atoms with Crippen LogP contribution in [-0.4, -0.2) is 78.4 Å². The van der Waals surface area contributed by atoms with Crippen molar-refractivity contribution in [2.75, 3.05) is 31.1 Å². The zero-order chi connectivity index (χ0) is 25.2. The molecule has 1 amide bonds. The number of alkyl halides is 2. The van der Waals surface area contributed by atoms with Gasteiger partial charge in [0.2, 0.25) is 5.95 Å². The maximum absolute atomic E-state index is 16.0. The lowest BCUT2D eigenvalue weighted by atomic mass is 9.94. The maximum atomic E-state index is 16.0. The first kappa shape index (κ1) is 23.2. The molecule has 2 atom stereocenters. The number of carbonyl (C=O) groups excluding carboxylic acids is 1. The Kier molecular flexibility index (Phi) is 5.13.